The Bertz CT molecular complexity index is 4050. The van der Waals surface area contributed by atoms with E-state index in [9.17, 15) is 89.4 Å². The van der Waals surface area contributed by atoms with Gasteiger partial charge in [0, 0.05) is 38.2 Å². The van der Waals surface area contributed by atoms with Gasteiger partial charge in [0.15, 0.2) is 47.7 Å². The molecule has 0 aliphatic carbocycles. The van der Waals surface area contributed by atoms with Gasteiger partial charge in [0.2, 0.25) is 12.6 Å². The van der Waals surface area contributed by atoms with Crippen molar-refractivity contribution in [3.63, 3.8) is 0 Å². The van der Waals surface area contributed by atoms with Crippen molar-refractivity contribution in [3.8, 4) is 46.8 Å². The number of ether oxygens (including phenoxy) is 11. The smallest absolute Gasteiger partial charge is 0.416 e. The highest BCUT2D eigenvalue weighted by molar-refractivity contribution is 6.08. The summed E-state index contributed by atoms with van der Waals surface area (Å²) in [4.78, 5) is 113. The Morgan fingerprint density at radius 2 is 0.962 bits per heavy atom. The second-order valence-electron chi connectivity index (χ2n) is 24.9. The number of carbonyl (C=O) groups excluding carboxylic acids is 6. The minimum atomic E-state index is -2.04. The van der Waals surface area contributed by atoms with Gasteiger partial charge in [0.1, 0.15) is 61.3 Å². The summed E-state index contributed by atoms with van der Waals surface area (Å²) in [5.41, 5.74) is 0.847. The highest BCUT2D eigenvalue weighted by Crippen LogP contribution is 2.45. The zero-order valence-electron chi connectivity index (χ0n) is 56.6. The summed E-state index contributed by atoms with van der Waals surface area (Å²) in [6.07, 6.45) is -15.7. The van der Waals surface area contributed by atoms with Crippen LogP contribution in [0.4, 0.5) is 21.0 Å². The maximum Gasteiger partial charge on any atom is 0.416 e. The number of fused-ring (bicyclic) bond motifs is 4. The molecular weight excluding hydrogens is 1380 g/mol. The lowest BCUT2D eigenvalue weighted by Gasteiger charge is -2.38. The molecule has 2 fully saturated rings. The molecule has 0 bridgehead atoms. The number of nitrogens with zero attached hydrogens (tertiary/aromatic N) is 4. The minimum absolute atomic E-state index is 0.00532. The number of aliphatic carboxylic acids is 2. The summed E-state index contributed by atoms with van der Waals surface area (Å²) in [6, 6.07) is 11.1. The number of aliphatic hydroxyl groups excluding tert-OH is 8. The van der Waals surface area contributed by atoms with Crippen LogP contribution >= 0.6 is 0 Å². The SMILES string of the molecule is C#CCNC(=O)c1cc(COC(=O)N2c3cc(OCCCCCOc4cc5c(cc4OC)C(=O)N4C=C(C)C[C@H]4C(O)N5C(=O)OCc4ccc(O[C@@H]5O[C@H](C(=O)O)[C@@H](O)[C@H](O)[C@H]5O)c(C(=O)NCCOC)c4)c(OC)cc3C(=O)N3C=C(C)C[C@H]3C2O)ccc1O[C@@H]1O[C@H](C(=O)O)[C@@H](O)[C@H](O)[C@H]1O. The Hall–Kier alpha value is -10.4. The second-order valence-corrected chi connectivity index (χ2v) is 24.9. The van der Waals surface area contributed by atoms with Crippen molar-refractivity contribution in [2.45, 2.75) is 145 Å². The molecular formula is C69H78N6O29. The molecule has 35 heteroatoms. The van der Waals surface area contributed by atoms with Gasteiger partial charge in [-0.05, 0) is 93.5 Å². The van der Waals surface area contributed by atoms with Crippen LogP contribution in [0, 0.1) is 12.3 Å². The van der Waals surface area contributed by atoms with E-state index < -0.39 is 147 Å². The molecule has 104 heavy (non-hydrogen) atoms. The van der Waals surface area contributed by atoms with Gasteiger partial charge in [-0.2, -0.15) is 0 Å². The molecule has 0 aromatic heterocycles. The van der Waals surface area contributed by atoms with Crippen LogP contribution in [0.1, 0.15) is 98.5 Å². The van der Waals surface area contributed by atoms with Crippen LogP contribution in [-0.2, 0) is 46.5 Å². The largest absolute Gasteiger partial charge is 0.493 e. The number of benzene rings is 4. The quantitative estimate of drug-likeness (QED) is 0.0305. The van der Waals surface area contributed by atoms with E-state index in [0.717, 1.165) is 15.4 Å². The van der Waals surface area contributed by atoms with Crippen molar-refractivity contribution >= 4 is 59.1 Å². The van der Waals surface area contributed by atoms with Crippen molar-refractivity contribution < 1.29 is 142 Å². The number of rotatable bonds is 26. The van der Waals surface area contributed by atoms with Gasteiger partial charge >= 0.3 is 24.1 Å². The molecule has 4 aromatic carbocycles. The van der Waals surface area contributed by atoms with Crippen molar-refractivity contribution in [1.29, 1.82) is 0 Å². The van der Waals surface area contributed by atoms with Crippen molar-refractivity contribution in [1.82, 2.24) is 20.4 Å². The van der Waals surface area contributed by atoms with E-state index in [2.05, 4.69) is 16.6 Å². The van der Waals surface area contributed by atoms with Gasteiger partial charge in [-0.25, -0.2) is 29.0 Å². The van der Waals surface area contributed by atoms with Gasteiger partial charge in [-0.3, -0.25) is 19.2 Å². The highest BCUT2D eigenvalue weighted by Gasteiger charge is 2.51. The van der Waals surface area contributed by atoms with Gasteiger partial charge in [-0.15, -0.1) is 6.42 Å². The van der Waals surface area contributed by atoms with Crippen molar-refractivity contribution in [2.75, 3.05) is 64.0 Å². The molecule has 10 rings (SSSR count). The van der Waals surface area contributed by atoms with Crippen LogP contribution < -0.4 is 48.9 Å². The van der Waals surface area contributed by atoms with Gasteiger partial charge in [0.05, 0.1) is 86.3 Å². The molecule has 558 valence electrons. The summed E-state index contributed by atoms with van der Waals surface area (Å²) in [6.45, 7) is 2.22. The van der Waals surface area contributed by atoms with E-state index in [1.165, 1.54) is 91.8 Å². The molecule has 6 amide bonds. The summed E-state index contributed by atoms with van der Waals surface area (Å²) in [5, 5.41) is 111. The standard InChI is InChI=1S/C69H78N6O29/c1-7-15-70-58(82)38-22-34(11-13-44(38)101-66-54(80)50(76)52(78)56(103-66)64(88)89)30-99-68(92)74-40-26-48(46(95-5)24-36(40)60(84)72-28-32(2)20-42(72)62(74)86)97-17-9-8-10-18-98-49-27-41-37(25-47(49)96-6)61(85)73-29-33(3)21-43(73)63(87)75(41)69(93)100-31-35-12-14-45(39(23-35)59(83)71-16-19-94-4)102-67-55(81)51(77)53(79)57(104-67)65(90)91/h1,11-14,22-29,42-43,50-57,62-63,66-67,76-81,86-87H,8-10,15-21,30-31H2,2-6H3,(H,70,82)(H,71,83)(H,88,89)(H,90,91)/t42-,43-,50-,51-,52-,53-,54+,55+,56-,57-,62?,63?,66+,67+/m0/s1. The molecule has 4 aromatic rings. The normalized spacial score (nSPS) is 25.4. The number of amides is 6. The number of methoxy groups -OCH3 is 3. The monoisotopic (exact) mass is 1450 g/mol. The lowest BCUT2D eigenvalue weighted by atomic mass is 9.99. The van der Waals surface area contributed by atoms with Gasteiger partial charge < -0.3 is 124 Å². The highest BCUT2D eigenvalue weighted by atomic mass is 16.7. The number of hydrogen-bond acceptors (Lipinski definition) is 27. The van der Waals surface area contributed by atoms with Crippen LogP contribution in [0.25, 0.3) is 0 Å². The average molecular weight is 1460 g/mol. The molecule has 6 heterocycles. The Kier molecular flexibility index (Phi) is 24.2. The number of aliphatic hydroxyl groups is 8. The Balaban J connectivity index is 0.823. The number of carboxylic acids is 2. The van der Waals surface area contributed by atoms with E-state index in [4.69, 9.17) is 58.5 Å². The molecule has 0 saturated carbocycles. The van der Waals surface area contributed by atoms with Crippen molar-refractivity contribution in [2.24, 2.45) is 0 Å². The van der Waals surface area contributed by atoms with Crippen LogP contribution in [0.3, 0.4) is 0 Å². The fraction of sp³-hybridized carbons (Fsp3) is 0.449. The fourth-order valence-electron chi connectivity index (χ4n) is 12.5. The molecule has 14 atom stereocenters. The Morgan fingerprint density at radius 3 is 1.36 bits per heavy atom. The first-order valence-electron chi connectivity index (χ1n) is 32.6. The molecule has 2 saturated heterocycles. The lowest BCUT2D eigenvalue weighted by Crippen LogP contribution is -2.61. The number of nitrogens with one attached hydrogen (secondary N) is 2. The molecule has 6 aliphatic heterocycles. The van der Waals surface area contributed by atoms with Crippen LogP contribution in [-0.4, -0.2) is 249 Å². The predicted octanol–water partition coefficient (Wildman–Crippen LogP) is 0.800. The predicted molar refractivity (Wildman–Crippen MR) is 353 cm³/mol. The van der Waals surface area contributed by atoms with E-state index in [0.29, 0.717) is 24.8 Å². The first-order valence-corrected chi connectivity index (χ1v) is 32.6. The number of unbranched alkanes of at least 4 members (excludes halogenated alkanes) is 2. The van der Waals surface area contributed by atoms with E-state index in [1.807, 2.05) is 0 Å². The molecule has 6 aliphatic rings. The molecule has 0 radical (unpaired) electrons. The topological polar surface area (TPSA) is 477 Å². The number of anilines is 2. The van der Waals surface area contributed by atoms with Crippen LogP contribution in [0.15, 0.2) is 84.2 Å². The second kappa shape index (κ2) is 33.0. The molecule has 0 spiro atoms. The Morgan fingerprint density at radius 1 is 0.538 bits per heavy atom. The summed E-state index contributed by atoms with van der Waals surface area (Å²) < 4.78 is 62.4. The zero-order valence-corrected chi connectivity index (χ0v) is 56.6. The van der Waals surface area contributed by atoms with Crippen molar-refractivity contribution in [3.05, 3.63) is 118 Å². The average Bonchev–Trinajstić information content (AvgIpc) is 1.60. The fourth-order valence-corrected chi connectivity index (χ4v) is 12.5. The van der Waals surface area contributed by atoms with E-state index >= 15 is 0 Å². The molecule has 35 nitrogen and oxygen atoms in total. The third-order valence-electron chi connectivity index (χ3n) is 17.8. The first-order chi connectivity index (χ1) is 49.7. The maximum absolute atomic E-state index is 14.5. The lowest BCUT2D eigenvalue weighted by molar-refractivity contribution is -0.271. The van der Waals surface area contributed by atoms with Crippen LogP contribution in [0.2, 0.25) is 0 Å². The van der Waals surface area contributed by atoms with E-state index in [1.54, 1.807) is 26.2 Å². The molecule has 2 unspecified atom stereocenters. The zero-order chi connectivity index (χ0) is 75.1. The summed E-state index contributed by atoms with van der Waals surface area (Å²) >= 11 is 0. The number of terminal acetylenes is 1. The third-order valence-corrected chi connectivity index (χ3v) is 17.8. The minimum Gasteiger partial charge on any atom is -0.493 e. The maximum atomic E-state index is 14.5. The Labute approximate surface area is 592 Å². The number of hydrogen-bond donors (Lipinski definition) is 12. The molecule has 12 N–H and O–H groups in total. The summed E-state index contributed by atoms with van der Waals surface area (Å²) in [5.74, 6) is -4.19. The van der Waals surface area contributed by atoms with Crippen LogP contribution in [0.5, 0.6) is 34.5 Å². The van der Waals surface area contributed by atoms with Gasteiger partial charge in [0.25, 0.3) is 23.6 Å². The number of carbonyl (C=O) groups is 8. The third kappa shape index (κ3) is 16.0. The first kappa shape index (κ1) is 76.3. The van der Waals surface area contributed by atoms with E-state index in [-0.39, 0.29) is 125 Å². The van der Waals surface area contributed by atoms with Gasteiger partial charge in [-0.1, -0.05) is 29.2 Å². The summed E-state index contributed by atoms with van der Waals surface area (Å²) in [7, 11) is 4.08. The number of carboxylic acid groups (broad SMARTS) is 2.